The van der Waals surface area contributed by atoms with Gasteiger partial charge in [-0.15, -0.1) is 30.6 Å². The first kappa shape index (κ1) is 18.3. The predicted octanol–water partition coefficient (Wildman–Crippen LogP) is -2.86. The van der Waals surface area contributed by atoms with Crippen molar-refractivity contribution in [3.05, 3.63) is 52.5 Å². The molecule has 3 aromatic rings. The van der Waals surface area contributed by atoms with Crippen LogP contribution in [0.1, 0.15) is 0 Å². The standard InChI is InChI=1S/C16H18N12/c17-14(18)26-23-11-9-5-7-3-1-2-4-8(7)6-10(9)12(24-27-15(19)20)13(11)25-28-16(21)22/h1-6H,(H4,17,18,26)(H4,19,20,27)(H4,21,22,28)/b23-11-,24-12-. The molecule has 0 spiro atoms. The van der Waals surface area contributed by atoms with Gasteiger partial charge in [-0.25, -0.2) is 0 Å². The molecule has 28 heavy (non-hydrogen) atoms. The van der Waals surface area contributed by atoms with Crippen LogP contribution in [-0.4, -0.2) is 17.9 Å². The van der Waals surface area contributed by atoms with Gasteiger partial charge in [0.2, 0.25) is 17.9 Å². The third kappa shape index (κ3) is 3.70. The van der Waals surface area contributed by atoms with Crippen LogP contribution in [0.5, 0.6) is 0 Å². The largest absolute Gasteiger partial charge is 0.369 e. The number of benzene rings is 2. The molecule has 0 atom stereocenters. The van der Waals surface area contributed by atoms with Crippen molar-refractivity contribution in [3.63, 3.8) is 0 Å². The molecule has 12 heteroatoms. The van der Waals surface area contributed by atoms with Crippen molar-refractivity contribution in [1.29, 1.82) is 0 Å². The Hall–Kier alpha value is -4.48. The number of guanidine groups is 3. The smallest absolute Gasteiger partial charge is 0.211 e. The summed E-state index contributed by atoms with van der Waals surface area (Å²) in [5.74, 6) is -0.715. The van der Waals surface area contributed by atoms with Crippen LogP contribution in [0, 0.1) is 0 Å². The fourth-order valence-corrected chi connectivity index (χ4v) is 2.62. The van der Waals surface area contributed by atoms with Crippen LogP contribution in [0.3, 0.4) is 0 Å². The maximum Gasteiger partial charge on any atom is 0.211 e. The summed E-state index contributed by atoms with van der Waals surface area (Å²) in [6.07, 6.45) is 0. The molecular formula is C16H18N12. The summed E-state index contributed by atoms with van der Waals surface area (Å²) >= 11 is 0. The van der Waals surface area contributed by atoms with Crippen LogP contribution in [0.4, 0.5) is 0 Å². The van der Waals surface area contributed by atoms with Gasteiger partial charge in [-0.2, -0.15) is 0 Å². The minimum Gasteiger partial charge on any atom is -0.369 e. The van der Waals surface area contributed by atoms with Crippen LogP contribution in [0.25, 0.3) is 21.5 Å². The zero-order valence-corrected chi connectivity index (χ0v) is 14.6. The average Bonchev–Trinajstić information content (AvgIpc) is 2.92. The van der Waals surface area contributed by atoms with Gasteiger partial charge in [0.1, 0.15) is 16.1 Å². The molecule has 0 saturated carbocycles. The second kappa shape index (κ2) is 7.41. The summed E-state index contributed by atoms with van der Waals surface area (Å²) in [7, 11) is 0. The molecule has 0 amide bonds. The van der Waals surface area contributed by atoms with Crippen LogP contribution in [0.15, 0.2) is 67.0 Å². The average molecular weight is 378 g/mol. The van der Waals surface area contributed by atoms with E-state index in [2.05, 4.69) is 30.6 Å². The highest BCUT2D eigenvalue weighted by molar-refractivity contribution is 5.98. The summed E-state index contributed by atoms with van der Waals surface area (Å²) in [5, 5.41) is 27.4. The third-order valence-electron chi connectivity index (χ3n) is 3.64. The Labute approximate surface area is 157 Å². The van der Waals surface area contributed by atoms with Crippen molar-refractivity contribution < 1.29 is 0 Å². The monoisotopic (exact) mass is 378 g/mol. The van der Waals surface area contributed by atoms with Crippen molar-refractivity contribution in [2.24, 2.45) is 65.0 Å². The molecule has 0 aliphatic carbocycles. The number of hydrogen-bond acceptors (Lipinski definition) is 6. The minimum absolute atomic E-state index is 0.203. The number of rotatable bonds is 3. The molecule has 0 aromatic heterocycles. The van der Waals surface area contributed by atoms with Gasteiger partial charge >= 0.3 is 0 Å². The quantitative estimate of drug-likeness (QED) is 0.159. The van der Waals surface area contributed by atoms with Gasteiger partial charge in [-0.05, 0) is 22.9 Å². The molecule has 0 unspecified atom stereocenters. The molecule has 0 radical (unpaired) electrons. The van der Waals surface area contributed by atoms with Crippen molar-refractivity contribution >= 4 is 39.4 Å². The lowest BCUT2D eigenvalue weighted by Crippen LogP contribution is -2.34. The van der Waals surface area contributed by atoms with Gasteiger partial charge < -0.3 is 34.4 Å². The van der Waals surface area contributed by atoms with Crippen LogP contribution >= 0.6 is 0 Å². The predicted molar refractivity (Wildman–Crippen MR) is 108 cm³/mol. The van der Waals surface area contributed by atoms with E-state index in [4.69, 9.17) is 34.4 Å². The first-order valence-corrected chi connectivity index (χ1v) is 7.91. The molecular weight excluding hydrogens is 360 g/mol. The fraction of sp³-hybridized carbons (Fsp3) is 0. The van der Waals surface area contributed by atoms with Crippen LogP contribution in [0.2, 0.25) is 0 Å². The van der Waals surface area contributed by atoms with Gasteiger partial charge in [0.25, 0.3) is 0 Å². The SMILES string of the molecule is NC(N)=NN=c1/c(=N\N=C(N)N)c2cc3ccccc3cc2/c1=N/N=C(N)N. The lowest BCUT2D eigenvalue weighted by molar-refractivity contribution is 1.02. The van der Waals surface area contributed by atoms with Gasteiger partial charge in [0, 0.05) is 10.8 Å². The summed E-state index contributed by atoms with van der Waals surface area (Å²) < 4.78 is 0. The highest BCUT2D eigenvalue weighted by Crippen LogP contribution is 2.18. The Balaban J connectivity index is 2.63. The number of nitrogens with two attached hydrogens (primary N) is 6. The maximum atomic E-state index is 5.41. The molecule has 142 valence electrons. The molecule has 0 heterocycles. The van der Waals surface area contributed by atoms with Gasteiger partial charge in [0.05, 0.1) is 0 Å². The van der Waals surface area contributed by atoms with E-state index in [1.165, 1.54) is 0 Å². The summed E-state index contributed by atoms with van der Waals surface area (Å²) in [6.45, 7) is 0. The van der Waals surface area contributed by atoms with Crippen LogP contribution in [-0.2, 0) is 0 Å². The van der Waals surface area contributed by atoms with Crippen molar-refractivity contribution in [1.82, 2.24) is 0 Å². The topological polar surface area (TPSA) is 230 Å². The zero-order valence-electron chi connectivity index (χ0n) is 14.6. The maximum absolute atomic E-state index is 5.41. The molecule has 3 aromatic carbocycles. The third-order valence-corrected chi connectivity index (χ3v) is 3.64. The van der Waals surface area contributed by atoms with Crippen molar-refractivity contribution in [2.45, 2.75) is 0 Å². The Morgan fingerprint density at radius 3 is 1.25 bits per heavy atom. The summed E-state index contributed by atoms with van der Waals surface area (Å²) in [5.41, 5.74) is 32.4. The normalized spacial score (nSPS) is 12.1. The summed E-state index contributed by atoms with van der Waals surface area (Å²) in [6, 6.07) is 11.5. The Morgan fingerprint density at radius 1 is 0.536 bits per heavy atom. The van der Waals surface area contributed by atoms with E-state index in [0.29, 0.717) is 21.5 Å². The summed E-state index contributed by atoms with van der Waals surface area (Å²) in [4.78, 5) is 0. The lowest BCUT2D eigenvalue weighted by Gasteiger charge is -1.97. The number of fused-ring (bicyclic) bond motifs is 2. The number of nitrogens with zero attached hydrogens (tertiary/aromatic N) is 6. The molecule has 3 rings (SSSR count). The second-order valence-corrected chi connectivity index (χ2v) is 5.67. The van der Waals surface area contributed by atoms with E-state index < -0.39 is 0 Å². The van der Waals surface area contributed by atoms with Crippen molar-refractivity contribution in [2.75, 3.05) is 0 Å². The Bertz CT molecular complexity index is 1220. The van der Waals surface area contributed by atoms with Gasteiger partial charge in [0.15, 0.2) is 0 Å². The molecule has 0 fully saturated rings. The molecule has 0 aliphatic rings. The molecule has 0 aliphatic heterocycles. The van der Waals surface area contributed by atoms with E-state index in [1.54, 1.807) is 0 Å². The fourth-order valence-electron chi connectivity index (χ4n) is 2.62. The molecule has 12 nitrogen and oxygen atoms in total. The van der Waals surface area contributed by atoms with E-state index in [9.17, 15) is 0 Å². The van der Waals surface area contributed by atoms with Crippen molar-refractivity contribution in [3.8, 4) is 0 Å². The van der Waals surface area contributed by atoms with E-state index in [1.807, 2.05) is 36.4 Å². The molecule has 0 bridgehead atoms. The van der Waals surface area contributed by atoms with Crippen LogP contribution < -0.4 is 50.5 Å². The number of hydrogen-bond donors (Lipinski definition) is 6. The van der Waals surface area contributed by atoms with Gasteiger partial charge in [-0.1, -0.05) is 24.3 Å². The highest BCUT2D eigenvalue weighted by Gasteiger charge is 2.10. The van der Waals surface area contributed by atoms with E-state index in [0.717, 1.165) is 10.8 Å². The second-order valence-electron chi connectivity index (χ2n) is 5.67. The zero-order chi connectivity index (χ0) is 20.3. The van der Waals surface area contributed by atoms with Gasteiger partial charge in [-0.3, -0.25) is 0 Å². The first-order chi connectivity index (χ1) is 13.4. The van der Waals surface area contributed by atoms with E-state index >= 15 is 0 Å². The molecule has 0 saturated heterocycles. The van der Waals surface area contributed by atoms with E-state index in [-0.39, 0.29) is 23.2 Å². The highest BCUT2D eigenvalue weighted by atomic mass is 15.3. The molecule has 12 N–H and O–H groups in total. The lowest BCUT2D eigenvalue weighted by atomic mass is 10.1. The Morgan fingerprint density at radius 2 is 0.893 bits per heavy atom. The Kier molecular flexibility index (Phi) is 4.85. The first-order valence-electron chi connectivity index (χ1n) is 7.91. The minimum atomic E-state index is -0.254.